The summed E-state index contributed by atoms with van der Waals surface area (Å²) in [5, 5.41) is 61.5. The molecule has 32 nitrogen and oxygen atoms in total. The third-order valence-electron chi connectivity index (χ3n) is 18.9. The zero-order valence-electron chi connectivity index (χ0n) is 79.8. The van der Waals surface area contributed by atoms with Crippen LogP contribution in [0.3, 0.4) is 0 Å². The van der Waals surface area contributed by atoms with E-state index in [9.17, 15) is 61.1 Å². The fourth-order valence-electron chi connectivity index (χ4n) is 11.4. The second-order valence-corrected chi connectivity index (χ2v) is 36.6. The number of rotatable bonds is 19. The summed E-state index contributed by atoms with van der Waals surface area (Å²) in [6, 6.07) is 27.6. The molecule has 9 heterocycles. The van der Waals surface area contributed by atoms with Crippen molar-refractivity contribution in [2.75, 3.05) is 30.2 Å². The zero-order valence-corrected chi connectivity index (χ0v) is 86.0. The maximum Gasteiger partial charge on any atom is 2.00 e. The molecule has 0 aliphatic carbocycles. The average Bonchev–Trinajstić information content (AvgIpc) is 1.64. The minimum absolute atomic E-state index is 0. The molecule has 0 fully saturated rings. The molecular formula is C92H104BrCl2F12MgN25O7S2. The Balaban J connectivity index is 0.000000425. The number of oxime groups is 1. The molecule has 0 saturated heterocycles. The van der Waals surface area contributed by atoms with Crippen molar-refractivity contribution in [2.24, 2.45) is 31.9 Å². The molecule has 0 saturated carbocycles. The molecule has 6 aromatic carbocycles. The van der Waals surface area contributed by atoms with E-state index in [1.807, 2.05) is 60.6 Å². The van der Waals surface area contributed by atoms with Crippen LogP contribution in [0.25, 0.3) is 22.6 Å². The summed E-state index contributed by atoms with van der Waals surface area (Å²) in [6.07, 6.45) is 13.7. The van der Waals surface area contributed by atoms with Crippen LogP contribution in [0.15, 0.2) is 198 Å². The van der Waals surface area contributed by atoms with E-state index >= 15 is 0 Å². The first-order valence-electron chi connectivity index (χ1n) is 41.1. The Kier molecular flexibility index (Phi) is 49.2. The van der Waals surface area contributed by atoms with Crippen molar-refractivity contribution in [1.29, 1.82) is 10.5 Å². The fraction of sp³-hybridized carbons (Fsp3) is 0.283. The number of nitrogens with zero attached hydrogens (tertiary/aromatic N) is 17. The summed E-state index contributed by atoms with van der Waals surface area (Å²) in [5.74, 6) is -1.22. The van der Waals surface area contributed by atoms with Crippen molar-refractivity contribution >= 4 is 127 Å². The van der Waals surface area contributed by atoms with Gasteiger partial charge in [0.1, 0.15) is 127 Å². The fourth-order valence-corrected chi connectivity index (χ4v) is 12.8. The molecule has 8 aromatic heterocycles. The molecular weight excluding hydrogens is 2030 g/mol. The summed E-state index contributed by atoms with van der Waals surface area (Å²) in [4.78, 5) is 26.9. The standard InChI is InChI=1S/C18H18F2N6O.C15H14F2N6O.C15H11F2N5.C12H17F2NOS.C11H13F2NOS.C8H9F2N.C7H3ClN4.C5H12O2.CH3.BrH.ClH.Mg.H3NO/c1-10(12-8-11(19)4-5-14(12)20)22-15-6-7-26-17(23-15)13(9-21-26)16-24-18(2,3)27-25-16;1-8(10-6-9(16)2-3-12(10)17)20-13-4-5-23-15(21-13)11(7-19-23)14(18)22-24;1-9(12-6-11(16)2-3-13(12)17)20-14-4-5-22-15(21-14)10(7-18)8-19-22;1-8(15-17(16)12(2,3)4)10-7-9(13)5-6-11(10)14;1-11(2,3)16(15)14-7-8-6-9(12)4-5-10(8)13;1-5(11)7-4-6(9)2-3-8(7)10;8-6-1-2-12-7(11-6)5(3-9)4-10-12;1-5(2,6-3)7-4;;;;;1-2/h4-10H,1-3H3,(H,22,23)(H,24,25);2-8,24H,1H3,(H2,18,22)(H,20,21);2-6,8-9H,1H3,(H,20,21);5-8,15H,1-4H3;4-7H,1-3H3;2-5H,11H2,1H3;1-2,4H;1-4H3;1H3;2*1H;;2H,1H2/q;;;;;;;;-1;;;+2;/p-1/t10-;8-;9-;8-,17+;16-;5-;;;;;;;/m111101......./s1. The second-order valence-electron chi connectivity index (χ2n) is 32.3. The average molecular weight is 2140 g/mol. The summed E-state index contributed by atoms with van der Waals surface area (Å²) in [5.41, 5.74) is 17.7. The number of halogens is 15. The topological polar surface area (TPSA) is 446 Å². The summed E-state index contributed by atoms with van der Waals surface area (Å²) < 4.78 is 204. The maximum atomic E-state index is 14.0. The van der Waals surface area contributed by atoms with Crippen LogP contribution in [-0.2, 0) is 36.3 Å². The molecule has 0 spiro atoms. The van der Waals surface area contributed by atoms with Crippen molar-refractivity contribution < 1.29 is 103 Å². The summed E-state index contributed by atoms with van der Waals surface area (Å²) in [6.45, 7) is 26.4. The van der Waals surface area contributed by atoms with Crippen molar-refractivity contribution in [1.82, 2.24) is 68.6 Å². The van der Waals surface area contributed by atoms with E-state index in [-0.39, 0.29) is 99.1 Å². The second kappa shape index (κ2) is 56.4. The van der Waals surface area contributed by atoms with Gasteiger partial charge >= 0.3 is 23.1 Å². The number of nitrogens with two attached hydrogens (primary N) is 3. The van der Waals surface area contributed by atoms with Gasteiger partial charge in [-0.1, -0.05) is 16.8 Å². The van der Waals surface area contributed by atoms with Gasteiger partial charge in [-0.3, -0.25) is 0 Å². The monoisotopic (exact) mass is 2140 g/mol. The van der Waals surface area contributed by atoms with Gasteiger partial charge in [-0.2, -0.15) is 35.3 Å². The molecule has 142 heavy (non-hydrogen) atoms. The van der Waals surface area contributed by atoms with Crippen molar-refractivity contribution in [3.8, 4) is 12.1 Å². The molecule has 0 bridgehead atoms. The number of hydrogen-bond donors (Lipinski definition) is 10. The number of nitriles is 2. The molecule has 50 heteroatoms. The summed E-state index contributed by atoms with van der Waals surface area (Å²) >= 11 is 5.64. The van der Waals surface area contributed by atoms with Crippen LogP contribution in [0.5, 0.6) is 0 Å². The van der Waals surface area contributed by atoms with E-state index in [2.05, 4.69) is 86.9 Å². The molecule has 0 radical (unpaired) electrons. The molecule has 7 atom stereocenters. The molecule has 0 unspecified atom stereocenters. The number of ether oxygens (including phenoxy) is 2. The Morgan fingerprint density at radius 2 is 0.873 bits per heavy atom. The van der Waals surface area contributed by atoms with Crippen LogP contribution in [0.2, 0.25) is 5.15 Å². The van der Waals surface area contributed by atoms with E-state index in [0.29, 0.717) is 73.3 Å². The third-order valence-corrected chi connectivity index (χ3v) is 22.2. The first kappa shape index (κ1) is 124. The van der Waals surface area contributed by atoms with Gasteiger partial charge in [0.2, 0.25) is 0 Å². The predicted molar refractivity (Wildman–Crippen MR) is 519 cm³/mol. The number of aliphatic imine (C=N–C) groups is 1. The van der Waals surface area contributed by atoms with Crippen LogP contribution in [0.4, 0.5) is 70.1 Å². The normalized spacial score (nSPS) is 13.3. The number of aromatic nitrogens is 12. The van der Waals surface area contributed by atoms with E-state index in [4.69, 9.17) is 58.3 Å². The maximum absolute atomic E-state index is 14.0. The summed E-state index contributed by atoms with van der Waals surface area (Å²) in [7, 11) is 0.435. The molecule has 14 aromatic rings. The van der Waals surface area contributed by atoms with Gasteiger partial charge in [0.25, 0.3) is 0 Å². The van der Waals surface area contributed by atoms with Crippen LogP contribution >= 0.6 is 24.0 Å². The van der Waals surface area contributed by atoms with Crippen LogP contribution in [0.1, 0.15) is 190 Å². The van der Waals surface area contributed by atoms with E-state index < -0.39 is 143 Å². The Labute approximate surface area is 853 Å². The van der Waals surface area contributed by atoms with Gasteiger partial charge in [0, 0.05) is 90.7 Å². The number of hydrogen-bond acceptors (Lipinski definition) is 25. The molecule has 0 amide bonds. The minimum atomic E-state index is -1.47. The van der Waals surface area contributed by atoms with Gasteiger partial charge in [0.15, 0.2) is 45.8 Å². The van der Waals surface area contributed by atoms with E-state index in [0.717, 1.165) is 109 Å². The number of hydroxylamine groups is 1. The largest absolute Gasteiger partial charge is 2.00 e. The van der Waals surface area contributed by atoms with Crippen LogP contribution in [0, 0.1) is 99.9 Å². The van der Waals surface area contributed by atoms with E-state index in [1.165, 1.54) is 38.2 Å². The van der Waals surface area contributed by atoms with Gasteiger partial charge < -0.3 is 71.7 Å². The quantitative estimate of drug-likeness (QED) is 0.00414. The van der Waals surface area contributed by atoms with Gasteiger partial charge in [-0.15, -0.1) is 12.4 Å². The number of anilines is 3. The molecule has 1 aliphatic rings. The minimum Gasteiger partial charge on any atom is -1.00 e. The molecule has 1 aliphatic heterocycles. The SMILES string of the molecule is CC(C)(C)[S@](=O)N=Cc1cc(F)ccc1F.COC(C)(C)OC.C[C@@H](N)c1cc(F)ccc1F.C[C@@H](N[S@@](=O)C(C)(C)C)c1cc(F)ccc1F.C[C@@H](Nc1ccn2ncc(/C(N)=N/O)c2n1)c1cc(F)ccc1F.C[C@@H](Nc1ccn2ncc(C#N)c2n1)c1cc(F)ccc1F.C[C@@H](Nc1ccn2ncc(C3=NC(C)(C)ON3)c2n1)c1cc(F)ccc1F.Cl.N#Cc1cnn2ccc(Cl)nc12.NO.[Br-].[CH3-].[Mg+2]. The smallest absolute Gasteiger partial charge is 1.00 e. The van der Waals surface area contributed by atoms with Crippen molar-refractivity contribution in [3.63, 3.8) is 0 Å². The zero-order chi connectivity index (χ0) is 103. The predicted octanol–water partition coefficient (Wildman–Crippen LogP) is 15.5. The van der Waals surface area contributed by atoms with Gasteiger partial charge in [-0.25, -0.2) is 125 Å². The van der Waals surface area contributed by atoms with Crippen molar-refractivity contribution in [2.45, 2.75) is 155 Å². The number of benzene rings is 6. The molecule has 13 N–H and O–H groups in total. The van der Waals surface area contributed by atoms with Crippen molar-refractivity contribution in [3.05, 3.63) is 321 Å². The number of amidine groups is 2. The van der Waals surface area contributed by atoms with Crippen LogP contribution < -0.4 is 60.5 Å². The first-order chi connectivity index (χ1) is 64.9. The Bertz CT molecular complexity index is 6760. The number of nitrogens with one attached hydrogen (secondary N) is 5. The third kappa shape index (κ3) is 36.2. The number of fused-ring (bicyclic) bond motifs is 4. The van der Waals surface area contributed by atoms with E-state index in [1.54, 1.807) is 129 Å². The van der Waals surface area contributed by atoms with Gasteiger partial charge in [-0.05, 0) is 237 Å². The Hall–Kier alpha value is -12.4. The molecule has 15 rings (SSSR count). The Morgan fingerprint density at radius 1 is 0.528 bits per heavy atom. The molecule has 758 valence electrons. The van der Waals surface area contributed by atoms with Gasteiger partial charge in [0.05, 0.1) is 74.5 Å². The van der Waals surface area contributed by atoms with Crippen LogP contribution in [-0.4, -0.2) is 153 Å². The Morgan fingerprint density at radius 3 is 1.24 bits per heavy atom. The number of methoxy groups -OCH3 is 2. The first-order valence-corrected chi connectivity index (χ1v) is 43.7.